The summed E-state index contributed by atoms with van der Waals surface area (Å²) in [4.78, 5) is 9.91. The second-order valence-electron chi connectivity index (χ2n) is 38.3. The van der Waals surface area contributed by atoms with Gasteiger partial charge in [-0.05, 0) is 257 Å². The van der Waals surface area contributed by atoms with Gasteiger partial charge in [0, 0.05) is 72.2 Å². The summed E-state index contributed by atoms with van der Waals surface area (Å²) < 4.78 is 8.74. The number of hydrogen-bond acceptors (Lipinski definition) is 5. The molecule has 23 aromatic carbocycles. The zero-order valence-electron chi connectivity index (χ0n) is 79.8. The minimum Gasteiger partial charge on any atom is -0.456 e. The molecule has 2 aromatic heterocycles. The Morgan fingerprint density at radius 1 is 0.171 bits per heavy atom. The van der Waals surface area contributed by atoms with Gasteiger partial charge < -0.3 is 28.6 Å². The molecule has 0 amide bonds. The third-order valence-electron chi connectivity index (χ3n) is 30.7. The fourth-order valence-electron chi connectivity index (χ4n) is 24.5. The van der Waals surface area contributed by atoms with E-state index >= 15 is 0 Å². The number of para-hydroxylation sites is 11. The fourth-order valence-corrected chi connectivity index (χ4v) is 24.5. The van der Waals surface area contributed by atoms with Crippen LogP contribution < -0.4 is 19.6 Å². The van der Waals surface area contributed by atoms with E-state index in [0.717, 1.165) is 112 Å². The Morgan fingerprint density at radius 2 is 0.473 bits per heavy atom. The van der Waals surface area contributed by atoms with E-state index in [9.17, 15) is 0 Å². The lowest BCUT2D eigenvalue weighted by molar-refractivity contribution is 0.669. The van der Waals surface area contributed by atoms with E-state index in [2.05, 4.69) is 576 Å². The third-order valence-corrected chi connectivity index (χ3v) is 30.7. The van der Waals surface area contributed by atoms with Crippen molar-refractivity contribution in [2.24, 2.45) is 0 Å². The minimum absolute atomic E-state index is 0.599. The van der Waals surface area contributed by atoms with Gasteiger partial charge in [-0.15, -0.1) is 0 Å². The SMILES string of the molecule is c1ccc(-c2ccc(-c3ccccc3N(c3ccc(-c4ccc5c(c4)c4ccccc4n5-c4ccccc4)cc3)c3cccc4c3-c3ccccc3C43c4ccccc4N(c4ccccc4)c4ccccc43)cc2)cc1.c1ccc(-c2ccc(-c3ccccc3N(c3ccc(-c4ccc5c(c4)oc4ccccc45)cc3)c3cccc4c3-c3ccccc3C43c4ccccc4N(c4ccccc4)c4ccccc43)cc2)cc1. The number of anilines is 12. The minimum atomic E-state index is -0.606. The molecule has 0 bridgehead atoms. The Labute approximate surface area is 848 Å². The number of benzene rings is 23. The molecular formula is C140H93N5O. The summed E-state index contributed by atoms with van der Waals surface area (Å²) in [5.41, 5.74) is 46.8. The summed E-state index contributed by atoms with van der Waals surface area (Å²) in [7, 11) is 0. The van der Waals surface area contributed by atoms with E-state index in [-0.39, 0.29) is 0 Å². The molecule has 0 saturated carbocycles. The summed E-state index contributed by atoms with van der Waals surface area (Å²) in [6, 6.07) is 207. The molecule has 0 unspecified atom stereocenters. The highest BCUT2D eigenvalue weighted by molar-refractivity contribution is 6.12. The number of aromatic nitrogens is 1. The van der Waals surface area contributed by atoms with Crippen molar-refractivity contribution < 1.29 is 4.42 Å². The van der Waals surface area contributed by atoms with Gasteiger partial charge in [0.15, 0.2) is 0 Å². The van der Waals surface area contributed by atoms with Crippen LogP contribution in [0.2, 0.25) is 0 Å². The van der Waals surface area contributed by atoms with Gasteiger partial charge in [0.2, 0.25) is 0 Å². The molecule has 4 aliphatic rings. The molecule has 0 saturated heterocycles. The predicted molar refractivity (Wildman–Crippen MR) is 608 cm³/mol. The molecule has 4 heterocycles. The van der Waals surface area contributed by atoms with E-state index in [1.54, 1.807) is 0 Å². The highest BCUT2D eigenvalue weighted by Crippen LogP contribution is 2.68. The van der Waals surface area contributed by atoms with Gasteiger partial charge in [0.25, 0.3) is 0 Å². The van der Waals surface area contributed by atoms with Crippen LogP contribution in [-0.4, -0.2) is 4.57 Å². The van der Waals surface area contributed by atoms with E-state index in [0.29, 0.717) is 0 Å². The van der Waals surface area contributed by atoms with Gasteiger partial charge in [-0.25, -0.2) is 0 Å². The molecule has 29 rings (SSSR count). The molecule has 0 N–H and O–H groups in total. The molecule has 2 aliphatic carbocycles. The zero-order chi connectivity index (χ0) is 96.3. The maximum atomic E-state index is 6.36. The Hall–Kier alpha value is -19.1. The standard InChI is InChI=1S/C73H49N3.C67H44N2O/c1-4-21-50(22-5-1)51-39-41-53(42-40-51)58-27-11-16-34-66(58)75(57-46-43-52(44-47-57)54-45-48-68-61(49-54)59-28-12-17-35-67(59)74(68)55-23-6-2-7-24-55)71-38-20-33-65-72(71)60-29-10-13-30-62(60)73(65)63-31-14-18-36-69(63)76(56-25-8-3-9-26-56)70-37-19-15-32-64(70)73;1-3-18-45(19-4-1)46-34-36-48(37-35-46)52-22-8-13-29-60(52)68(51-41-38-47(39-42-51)49-40-43-54-53-23-9-16-33-64(53)70-65(54)44-49)63-32-17-28-59-66(63)55-24-7-10-25-56(55)67(59)57-26-11-14-30-61(57)69(50-20-5-2-6-21-50)62-31-15-12-27-58(62)67/h1-49H;1-44H. The lowest BCUT2D eigenvalue weighted by atomic mass is 9.64. The monoisotopic (exact) mass is 1860 g/mol. The molecular weight excluding hydrogens is 1770 g/mol. The zero-order valence-corrected chi connectivity index (χ0v) is 79.8. The molecule has 2 aliphatic heterocycles. The van der Waals surface area contributed by atoms with Crippen LogP contribution in [0.5, 0.6) is 0 Å². The van der Waals surface area contributed by atoms with Gasteiger partial charge in [-0.1, -0.05) is 419 Å². The van der Waals surface area contributed by atoms with Gasteiger partial charge in [0.1, 0.15) is 11.2 Å². The van der Waals surface area contributed by atoms with Crippen molar-refractivity contribution in [3.63, 3.8) is 0 Å². The number of hydrogen-bond donors (Lipinski definition) is 0. The van der Waals surface area contributed by atoms with Crippen molar-refractivity contribution in [3.05, 3.63) is 609 Å². The van der Waals surface area contributed by atoms with E-state index in [1.165, 1.54) is 139 Å². The van der Waals surface area contributed by atoms with Crippen molar-refractivity contribution in [1.82, 2.24) is 4.57 Å². The van der Waals surface area contributed by atoms with E-state index in [1.807, 2.05) is 12.1 Å². The lowest BCUT2D eigenvalue weighted by Gasteiger charge is -2.45. The first-order valence-electron chi connectivity index (χ1n) is 50.3. The van der Waals surface area contributed by atoms with Crippen LogP contribution in [0.25, 0.3) is 138 Å². The summed E-state index contributed by atoms with van der Waals surface area (Å²) in [6.45, 7) is 0. The van der Waals surface area contributed by atoms with Crippen molar-refractivity contribution >= 4 is 112 Å². The fraction of sp³-hybridized carbons (Fsp3) is 0.0143. The maximum Gasteiger partial charge on any atom is 0.136 e. The second-order valence-corrected chi connectivity index (χ2v) is 38.3. The van der Waals surface area contributed by atoms with E-state index in [4.69, 9.17) is 4.42 Å². The molecule has 6 nitrogen and oxygen atoms in total. The first-order valence-corrected chi connectivity index (χ1v) is 50.3. The van der Waals surface area contributed by atoms with Crippen molar-refractivity contribution in [1.29, 1.82) is 0 Å². The van der Waals surface area contributed by atoms with E-state index < -0.39 is 10.8 Å². The van der Waals surface area contributed by atoms with Crippen LogP contribution in [-0.2, 0) is 10.8 Å². The number of furan rings is 1. The van der Waals surface area contributed by atoms with Crippen molar-refractivity contribution in [2.45, 2.75) is 10.8 Å². The van der Waals surface area contributed by atoms with Crippen molar-refractivity contribution in [2.75, 3.05) is 19.6 Å². The third kappa shape index (κ3) is 13.5. The lowest BCUT2D eigenvalue weighted by Crippen LogP contribution is -2.36. The summed E-state index contributed by atoms with van der Waals surface area (Å²) in [5, 5.41) is 4.74. The largest absolute Gasteiger partial charge is 0.456 e. The number of fused-ring (bicyclic) bond motifs is 24. The maximum absolute atomic E-state index is 6.36. The average molecular weight is 1860 g/mol. The van der Waals surface area contributed by atoms with Crippen LogP contribution in [0.4, 0.5) is 68.2 Å². The van der Waals surface area contributed by atoms with Crippen molar-refractivity contribution in [3.8, 4) is 94.7 Å². The van der Waals surface area contributed by atoms with Gasteiger partial charge in [-0.2, -0.15) is 0 Å². The first-order chi connectivity index (χ1) is 72.5. The molecule has 0 fully saturated rings. The molecule has 2 spiro atoms. The quantitative estimate of drug-likeness (QED) is 0.102. The van der Waals surface area contributed by atoms with Gasteiger partial charge in [-0.3, -0.25) is 0 Å². The topological polar surface area (TPSA) is 31.0 Å². The average Bonchev–Trinajstić information content (AvgIpc) is 1.50. The summed E-state index contributed by atoms with van der Waals surface area (Å²) in [6.07, 6.45) is 0. The molecule has 684 valence electrons. The van der Waals surface area contributed by atoms with Crippen LogP contribution in [0.1, 0.15) is 44.5 Å². The smallest absolute Gasteiger partial charge is 0.136 e. The van der Waals surface area contributed by atoms with Gasteiger partial charge >= 0.3 is 0 Å². The molecule has 0 atom stereocenters. The Kier molecular flexibility index (Phi) is 20.3. The van der Waals surface area contributed by atoms with Crippen LogP contribution in [0, 0.1) is 0 Å². The predicted octanol–water partition coefficient (Wildman–Crippen LogP) is 37.6. The highest BCUT2D eigenvalue weighted by Gasteiger charge is 2.55. The van der Waals surface area contributed by atoms with Crippen LogP contribution in [0.3, 0.4) is 0 Å². The van der Waals surface area contributed by atoms with Crippen LogP contribution >= 0.6 is 0 Å². The summed E-state index contributed by atoms with van der Waals surface area (Å²) >= 11 is 0. The second kappa shape index (κ2) is 35.0. The highest BCUT2D eigenvalue weighted by atomic mass is 16.3. The molecule has 0 radical (unpaired) electrons. The summed E-state index contributed by atoms with van der Waals surface area (Å²) in [5.74, 6) is 0. The Bertz CT molecular complexity index is 9270. The molecule has 146 heavy (non-hydrogen) atoms. The molecule has 6 heteroatoms. The van der Waals surface area contributed by atoms with Crippen LogP contribution in [0.15, 0.2) is 569 Å². The van der Waals surface area contributed by atoms with Gasteiger partial charge in [0.05, 0.1) is 67.4 Å². The normalized spacial score (nSPS) is 12.9. The Morgan fingerprint density at radius 3 is 0.932 bits per heavy atom. The number of nitrogens with zero attached hydrogens (tertiary/aromatic N) is 5. The molecule has 25 aromatic rings. The Balaban J connectivity index is 0.000000142. The first kappa shape index (κ1) is 84.9. The number of rotatable bonds is 15.